The molecule has 0 saturated carbocycles. The quantitative estimate of drug-likeness (QED) is 0.770. The van der Waals surface area contributed by atoms with Gasteiger partial charge in [-0.1, -0.05) is 41.5 Å². The summed E-state index contributed by atoms with van der Waals surface area (Å²) in [5.74, 6) is 0.409. The Labute approximate surface area is 110 Å². The summed E-state index contributed by atoms with van der Waals surface area (Å²) in [5.41, 5.74) is -0.673. The minimum Gasteiger partial charge on any atom is -0.298 e. The summed E-state index contributed by atoms with van der Waals surface area (Å²) >= 11 is 1.47. The fourth-order valence-electron chi connectivity index (χ4n) is 1.65. The summed E-state index contributed by atoms with van der Waals surface area (Å²) in [6.07, 6.45) is 0. The van der Waals surface area contributed by atoms with E-state index >= 15 is 0 Å². The largest absolute Gasteiger partial charge is 0.298 e. The Morgan fingerprint density at radius 2 is 1.00 bits per heavy atom. The van der Waals surface area contributed by atoms with Crippen LogP contribution in [0.25, 0.3) is 0 Å². The van der Waals surface area contributed by atoms with Crippen LogP contribution in [0.4, 0.5) is 0 Å². The lowest BCUT2D eigenvalue weighted by molar-refractivity contribution is -0.125. The topological polar surface area (TPSA) is 34.1 Å². The van der Waals surface area contributed by atoms with Crippen LogP contribution in [0, 0.1) is 10.8 Å². The van der Waals surface area contributed by atoms with E-state index in [-0.39, 0.29) is 32.9 Å². The molecule has 17 heavy (non-hydrogen) atoms. The van der Waals surface area contributed by atoms with Crippen LogP contribution >= 0.6 is 11.8 Å². The number of carbonyl (C=O) groups excluding carboxylic acids is 2. The fraction of sp³-hybridized carbons (Fsp3) is 0.857. The molecule has 0 heterocycles. The molecule has 0 bridgehead atoms. The highest BCUT2D eigenvalue weighted by Gasteiger charge is 2.32. The van der Waals surface area contributed by atoms with E-state index in [1.54, 1.807) is 0 Å². The van der Waals surface area contributed by atoms with Gasteiger partial charge in [0.05, 0.1) is 10.5 Å². The zero-order valence-corrected chi connectivity index (χ0v) is 13.2. The second-order valence-corrected chi connectivity index (χ2v) is 8.34. The Bertz CT molecular complexity index is 264. The molecule has 0 radical (unpaired) electrons. The van der Waals surface area contributed by atoms with Gasteiger partial charge in [0.1, 0.15) is 0 Å². The van der Waals surface area contributed by atoms with E-state index in [1.807, 2.05) is 55.4 Å². The van der Waals surface area contributed by atoms with Gasteiger partial charge >= 0.3 is 0 Å². The molecule has 0 amide bonds. The minimum atomic E-state index is -0.336. The molecule has 0 saturated heterocycles. The number of ketones is 2. The third-order valence-corrected chi connectivity index (χ3v) is 3.87. The van der Waals surface area contributed by atoms with Crippen molar-refractivity contribution in [1.29, 1.82) is 0 Å². The van der Waals surface area contributed by atoms with E-state index < -0.39 is 0 Å². The zero-order valence-electron chi connectivity index (χ0n) is 12.4. The molecule has 2 atom stereocenters. The van der Waals surface area contributed by atoms with Gasteiger partial charge in [0.25, 0.3) is 0 Å². The van der Waals surface area contributed by atoms with Crippen molar-refractivity contribution in [3.8, 4) is 0 Å². The van der Waals surface area contributed by atoms with E-state index in [2.05, 4.69) is 0 Å². The molecule has 0 aromatic heterocycles. The van der Waals surface area contributed by atoms with Crippen molar-refractivity contribution in [2.24, 2.45) is 10.8 Å². The third kappa shape index (κ3) is 5.24. The molecule has 0 aliphatic rings. The molecule has 2 nitrogen and oxygen atoms in total. The summed E-state index contributed by atoms with van der Waals surface area (Å²) in [4.78, 5) is 24.1. The molecule has 2 unspecified atom stereocenters. The Hall–Kier alpha value is -0.310. The second-order valence-electron chi connectivity index (χ2n) is 6.65. The molecule has 0 aromatic rings. The molecule has 0 rings (SSSR count). The van der Waals surface area contributed by atoms with Gasteiger partial charge in [0.2, 0.25) is 0 Å². The number of Topliss-reactive ketones (excluding diaryl/α,β-unsaturated/α-hetero) is 2. The molecule has 0 N–H and O–H groups in total. The maximum Gasteiger partial charge on any atom is 0.150 e. The van der Waals surface area contributed by atoms with Crippen LogP contribution in [0.15, 0.2) is 0 Å². The standard InChI is InChI=1S/C14H26O2S/c1-9(11(15)13(3,4)5)17-10(2)12(16)14(6,7)8/h9-10H,1-8H3. The average Bonchev–Trinajstić information content (AvgIpc) is 2.12. The summed E-state index contributed by atoms with van der Waals surface area (Å²) in [5, 5.41) is -0.257. The van der Waals surface area contributed by atoms with Crippen molar-refractivity contribution in [2.45, 2.75) is 65.9 Å². The van der Waals surface area contributed by atoms with Crippen molar-refractivity contribution in [3.05, 3.63) is 0 Å². The number of hydrogen-bond acceptors (Lipinski definition) is 3. The smallest absolute Gasteiger partial charge is 0.150 e. The summed E-state index contributed by atoms with van der Waals surface area (Å²) < 4.78 is 0. The molecular formula is C14H26O2S. The van der Waals surface area contributed by atoms with Crippen LogP contribution in [0.1, 0.15) is 55.4 Å². The van der Waals surface area contributed by atoms with E-state index in [0.717, 1.165) is 0 Å². The van der Waals surface area contributed by atoms with Crippen LogP contribution in [0.2, 0.25) is 0 Å². The monoisotopic (exact) mass is 258 g/mol. The van der Waals surface area contributed by atoms with E-state index in [1.165, 1.54) is 11.8 Å². The highest BCUT2D eigenvalue weighted by Crippen LogP contribution is 2.30. The van der Waals surface area contributed by atoms with Crippen LogP contribution < -0.4 is 0 Å². The molecular weight excluding hydrogens is 232 g/mol. The lowest BCUT2D eigenvalue weighted by atomic mass is 9.89. The minimum absolute atomic E-state index is 0.128. The maximum atomic E-state index is 12.0. The molecule has 0 fully saturated rings. The van der Waals surface area contributed by atoms with Gasteiger partial charge in [-0.05, 0) is 13.8 Å². The van der Waals surface area contributed by atoms with E-state index in [0.29, 0.717) is 0 Å². The highest BCUT2D eigenvalue weighted by molar-refractivity contribution is 8.01. The maximum absolute atomic E-state index is 12.0. The van der Waals surface area contributed by atoms with Gasteiger partial charge in [-0.2, -0.15) is 0 Å². The van der Waals surface area contributed by atoms with Crippen molar-refractivity contribution >= 4 is 23.3 Å². The van der Waals surface area contributed by atoms with Gasteiger partial charge in [-0.3, -0.25) is 9.59 Å². The average molecular weight is 258 g/mol. The summed E-state index contributed by atoms with van der Waals surface area (Å²) in [7, 11) is 0. The van der Waals surface area contributed by atoms with Crippen molar-refractivity contribution < 1.29 is 9.59 Å². The first-order valence-corrected chi connectivity index (χ1v) is 7.05. The normalized spacial score (nSPS) is 16.5. The number of thioether (sulfide) groups is 1. The first-order chi connectivity index (χ1) is 7.37. The van der Waals surface area contributed by atoms with Crippen LogP contribution in [-0.4, -0.2) is 22.1 Å². The van der Waals surface area contributed by atoms with Crippen molar-refractivity contribution in [1.82, 2.24) is 0 Å². The lowest BCUT2D eigenvalue weighted by Gasteiger charge is -2.26. The number of carbonyl (C=O) groups is 2. The van der Waals surface area contributed by atoms with E-state index in [4.69, 9.17) is 0 Å². The van der Waals surface area contributed by atoms with Gasteiger partial charge in [-0.25, -0.2) is 0 Å². The molecule has 0 aromatic carbocycles. The van der Waals surface area contributed by atoms with Crippen molar-refractivity contribution in [2.75, 3.05) is 0 Å². The fourth-order valence-corrected chi connectivity index (χ4v) is 3.22. The molecule has 0 aliphatic heterocycles. The number of rotatable bonds is 4. The molecule has 0 aliphatic carbocycles. The first-order valence-electron chi connectivity index (χ1n) is 6.11. The van der Waals surface area contributed by atoms with Crippen LogP contribution in [0.3, 0.4) is 0 Å². The molecule has 100 valence electrons. The zero-order chi connectivity index (χ0) is 14.0. The van der Waals surface area contributed by atoms with E-state index in [9.17, 15) is 9.59 Å². The summed E-state index contributed by atoms with van der Waals surface area (Å²) in [6.45, 7) is 15.3. The SMILES string of the molecule is CC(SC(C)C(=O)C(C)(C)C)C(=O)C(C)(C)C. The van der Waals surface area contributed by atoms with Crippen LogP contribution in [-0.2, 0) is 9.59 Å². The Morgan fingerprint density at radius 1 is 0.765 bits per heavy atom. The highest BCUT2D eigenvalue weighted by atomic mass is 32.2. The predicted molar refractivity (Wildman–Crippen MR) is 75.4 cm³/mol. The van der Waals surface area contributed by atoms with Crippen molar-refractivity contribution in [3.63, 3.8) is 0 Å². The predicted octanol–water partition coefficient (Wildman–Crippen LogP) is 3.73. The summed E-state index contributed by atoms with van der Waals surface area (Å²) in [6, 6.07) is 0. The Kier molecular flexibility index (Phi) is 5.45. The lowest BCUT2D eigenvalue weighted by Crippen LogP contribution is -2.34. The van der Waals surface area contributed by atoms with Gasteiger partial charge in [0.15, 0.2) is 11.6 Å². The molecule has 0 spiro atoms. The third-order valence-electron chi connectivity index (χ3n) is 2.63. The number of hydrogen-bond donors (Lipinski definition) is 0. The second kappa shape index (κ2) is 5.55. The van der Waals surface area contributed by atoms with Gasteiger partial charge in [-0.15, -0.1) is 11.8 Å². The van der Waals surface area contributed by atoms with Gasteiger partial charge in [0, 0.05) is 10.8 Å². The first kappa shape index (κ1) is 16.7. The molecule has 3 heteroatoms. The van der Waals surface area contributed by atoms with Crippen LogP contribution in [0.5, 0.6) is 0 Å². The Balaban J connectivity index is 4.56. The van der Waals surface area contributed by atoms with Gasteiger partial charge < -0.3 is 0 Å². The Morgan fingerprint density at radius 3 is 1.18 bits per heavy atom.